The lowest BCUT2D eigenvalue weighted by Crippen LogP contribution is -2.40. The summed E-state index contributed by atoms with van der Waals surface area (Å²) in [7, 11) is 0. The van der Waals surface area contributed by atoms with E-state index in [1.165, 1.54) is 29.5 Å². The predicted molar refractivity (Wildman–Crippen MR) is 120 cm³/mol. The summed E-state index contributed by atoms with van der Waals surface area (Å²) < 4.78 is 1.03. The molecule has 4 rings (SSSR count). The first-order chi connectivity index (χ1) is 13.5. The summed E-state index contributed by atoms with van der Waals surface area (Å²) in [6.07, 6.45) is 5.63. The van der Waals surface area contributed by atoms with Gasteiger partial charge in [-0.25, -0.2) is 0 Å². The minimum absolute atomic E-state index is 0.0669. The van der Waals surface area contributed by atoms with Crippen molar-refractivity contribution in [1.82, 2.24) is 15.1 Å². The first-order valence-electron chi connectivity index (χ1n) is 9.40. The molecule has 2 fully saturated rings. The fourth-order valence-corrected chi connectivity index (χ4v) is 5.58. The summed E-state index contributed by atoms with van der Waals surface area (Å²) in [5.41, 5.74) is 2.04. The molecule has 1 aliphatic heterocycles. The molecular weight excluding hydrogens is 456 g/mol. The number of nitrogens with zero attached hydrogens (tertiary/aromatic N) is 4. The fourth-order valence-electron chi connectivity index (χ4n) is 3.60. The molecular formula is C20H21BrN4OS2. The quantitative estimate of drug-likeness (QED) is 0.514. The van der Waals surface area contributed by atoms with E-state index in [-0.39, 0.29) is 11.9 Å². The zero-order chi connectivity index (χ0) is 19.7. The third-order valence-electron chi connectivity index (χ3n) is 5.08. The number of carbonyl (C=O) groups excluding carboxylic acids is 1. The molecule has 146 valence electrons. The second-order valence-corrected chi connectivity index (χ2v) is 10.1. The Labute approximate surface area is 181 Å². The molecule has 0 unspecified atom stereocenters. The van der Waals surface area contributed by atoms with Crippen LogP contribution in [0.25, 0.3) is 5.57 Å². The number of thioether (sulfide) groups is 1. The van der Waals surface area contributed by atoms with Crippen LogP contribution in [-0.2, 0) is 4.79 Å². The van der Waals surface area contributed by atoms with E-state index in [1.54, 1.807) is 0 Å². The molecule has 2 aromatic rings. The maximum absolute atomic E-state index is 13.4. The van der Waals surface area contributed by atoms with Crippen molar-refractivity contribution in [2.75, 3.05) is 0 Å². The SMILES string of the molecule is C/C(=C1/S/C(=N/c2nnc(C)s2)N(C2CCCCC2)C1=O)c1ccc(Br)cc1. The summed E-state index contributed by atoms with van der Waals surface area (Å²) in [6.45, 7) is 3.93. The number of hydrogen-bond donors (Lipinski definition) is 0. The molecule has 8 heteroatoms. The summed E-state index contributed by atoms with van der Waals surface area (Å²) in [5.74, 6) is 0.0669. The van der Waals surface area contributed by atoms with Crippen molar-refractivity contribution in [1.29, 1.82) is 0 Å². The van der Waals surface area contributed by atoms with Crippen LogP contribution in [0.15, 0.2) is 38.6 Å². The summed E-state index contributed by atoms with van der Waals surface area (Å²) >= 11 is 6.39. The van der Waals surface area contributed by atoms with E-state index in [0.29, 0.717) is 5.13 Å². The number of halogens is 1. The molecule has 0 radical (unpaired) electrons. The van der Waals surface area contributed by atoms with E-state index in [0.717, 1.165) is 56.4 Å². The highest BCUT2D eigenvalue weighted by Crippen LogP contribution is 2.41. The number of hydrogen-bond acceptors (Lipinski definition) is 6. The normalized spacial score (nSPS) is 21.6. The Morgan fingerprint density at radius 2 is 1.89 bits per heavy atom. The van der Waals surface area contributed by atoms with Gasteiger partial charge in [0.2, 0.25) is 5.13 Å². The molecule has 0 N–H and O–H groups in total. The Bertz CT molecular complexity index is 945. The van der Waals surface area contributed by atoms with Crippen LogP contribution in [-0.4, -0.2) is 32.2 Å². The average molecular weight is 477 g/mol. The Balaban J connectivity index is 1.73. The van der Waals surface area contributed by atoms with Crippen LogP contribution in [0.4, 0.5) is 5.13 Å². The van der Waals surface area contributed by atoms with Crippen molar-refractivity contribution >= 4 is 60.8 Å². The topological polar surface area (TPSA) is 58.5 Å². The molecule has 1 saturated heterocycles. The minimum atomic E-state index is 0.0669. The Morgan fingerprint density at radius 1 is 1.18 bits per heavy atom. The van der Waals surface area contributed by atoms with Crippen LogP contribution >= 0.6 is 39.0 Å². The standard InChI is InChI=1S/C20H21BrN4OS2/c1-12(14-8-10-15(21)11-9-14)17-18(26)25(16-6-4-3-5-7-16)20(28-17)22-19-24-23-13(2)27-19/h8-11,16H,3-7H2,1-2H3/b17-12-,22-20+. The summed E-state index contributed by atoms with van der Waals surface area (Å²) in [5, 5.41) is 10.4. The van der Waals surface area contributed by atoms with Crippen molar-refractivity contribution in [3.63, 3.8) is 0 Å². The monoisotopic (exact) mass is 476 g/mol. The number of allylic oxidation sites excluding steroid dienone is 1. The third kappa shape index (κ3) is 4.09. The van der Waals surface area contributed by atoms with Gasteiger partial charge in [0.1, 0.15) is 5.01 Å². The predicted octanol–water partition coefficient (Wildman–Crippen LogP) is 5.94. The van der Waals surface area contributed by atoms with E-state index in [1.807, 2.05) is 43.0 Å². The van der Waals surface area contributed by atoms with Gasteiger partial charge >= 0.3 is 0 Å². The Hall–Kier alpha value is -1.51. The molecule has 1 aliphatic carbocycles. The van der Waals surface area contributed by atoms with Gasteiger partial charge in [-0.3, -0.25) is 9.69 Å². The van der Waals surface area contributed by atoms with Crippen molar-refractivity contribution in [2.24, 2.45) is 4.99 Å². The maximum Gasteiger partial charge on any atom is 0.267 e. The second-order valence-electron chi connectivity index (χ2n) is 7.03. The number of carbonyl (C=O) groups is 1. The molecule has 1 aromatic heterocycles. The number of aliphatic imine (C=N–C) groups is 1. The molecule has 28 heavy (non-hydrogen) atoms. The maximum atomic E-state index is 13.4. The Kier molecular flexibility index (Phi) is 5.99. The third-order valence-corrected chi connectivity index (χ3v) is 7.49. The van der Waals surface area contributed by atoms with Crippen molar-refractivity contribution in [2.45, 2.75) is 52.0 Å². The van der Waals surface area contributed by atoms with Gasteiger partial charge in [0, 0.05) is 10.5 Å². The van der Waals surface area contributed by atoms with Crippen LogP contribution in [0.2, 0.25) is 0 Å². The van der Waals surface area contributed by atoms with Gasteiger partial charge in [-0.1, -0.05) is 58.7 Å². The van der Waals surface area contributed by atoms with Crippen molar-refractivity contribution < 1.29 is 4.79 Å². The lowest BCUT2D eigenvalue weighted by atomic mass is 9.94. The van der Waals surface area contributed by atoms with Gasteiger partial charge in [-0.2, -0.15) is 4.99 Å². The highest BCUT2D eigenvalue weighted by atomic mass is 79.9. The van der Waals surface area contributed by atoms with Crippen LogP contribution in [0, 0.1) is 6.92 Å². The largest absolute Gasteiger partial charge is 0.283 e. The van der Waals surface area contributed by atoms with Gasteiger partial charge in [0.05, 0.1) is 4.91 Å². The molecule has 0 atom stereocenters. The van der Waals surface area contributed by atoms with E-state index in [2.05, 4.69) is 26.1 Å². The number of aryl methyl sites for hydroxylation is 1. The number of amidine groups is 1. The number of benzene rings is 1. The zero-order valence-electron chi connectivity index (χ0n) is 15.8. The van der Waals surface area contributed by atoms with E-state index < -0.39 is 0 Å². The number of amides is 1. The molecule has 1 aromatic carbocycles. The van der Waals surface area contributed by atoms with Crippen molar-refractivity contribution in [3.8, 4) is 0 Å². The minimum Gasteiger partial charge on any atom is -0.283 e. The van der Waals surface area contributed by atoms with E-state index in [4.69, 9.17) is 4.99 Å². The lowest BCUT2D eigenvalue weighted by Gasteiger charge is -2.30. The smallest absolute Gasteiger partial charge is 0.267 e. The molecule has 0 bridgehead atoms. The molecule has 2 aliphatic rings. The highest BCUT2D eigenvalue weighted by Gasteiger charge is 2.40. The summed E-state index contributed by atoms with van der Waals surface area (Å²) in [6, 6.07) is 8.29. The molecule has 2 heterocycles. The zero-order valence-corrected chi connectivity index (χ0v) is 19.0. The first kappa shape index (κ1) is 19.8. The van der Waals surface area contributed by atoms with Crippen LogP contribution in [0.1, 0.15) is 49.6 Å². The average Bonchev–Trinajstić information content (AvgIpc) is 3.25. The van der Waals surface area contributed by atoms with Gasteiger partial charge < -0.3 is 0 Å². The molecule has 1 saturated carbocycles. The van der Waals surface area contributed by atoms with Gasteiger partial charge in [0.25, 0.3) is 5.91 Å². The molecule has 1 amide bonds. The summed E-state index contributed by atoms with van der Waals surface area (Å²) in [4.78, 5) is 20.8. The van der Waals surface area contributed by atoms with Gasteiger partial charge in [-0.05, 0) is 61.7 Å². The number of aromatic nitrogens is 2. The van der Waals surface area contributed by atoms with Crippen LogP contribution in [0.3, 0.4) is 0 Å². The Morgan fingerprint density at radius 3 is 2.54 bits per heavy atom. The van der Waals surface area contributed by atoms with Crippen LogP contribution in [0.5, 0.6) is 0 Å². The van der Waals surface area contributed by atoms with Gasteiger partial charge in [-0.15, -0.1) is 10.2 Å². The lowest BCUT2D eigenvalue weighted by molar-refractivity contribution is -0.124. The second kappa shape index (κ2) is 8.47. The number of rotatable bonds is 3. The first-order valence-corrected chi connectivity index (χ1v) is 11.8. The van der Waals surface area contributed by atoms with E-state index in [9.17, 15) is 4.79 Å². The van der Waals surface area contributed by atoms with Crippen LogP contribution < -0.4 is 0 Å². The fraction of sp³-hybridized carbons (Fsp3) is 0.400. The van der Waals surface area contributed by atoms with E-state index >= 15 is 0 Å². The molecule has 0 spiro atoms. The highest BCUT2D eigenvalue weighted by molar-refractivity contribution is 9.10. The van der Waals surface area contributed by atoms with Crippen molar-refractivity contribution in [3.05, 3.63) is 44.2 Å². The van der Waals surface area contributed by atoms with Gasteiger partial charge in [0.15, 0.2) is 5.17 Å². The molecule has 5 nitrogen and oxygen atoms in total.